The average molecular weight is 351 g/mol. The molecule has 24 heavy (non-hydrogen) atoms. The van der Waals surface area contributed by atoms with Crippen LogP contribution >= 0.6 is 11.6 Å². The summed E-state index contributed by atoms with van der Waals surface area (Å²) in [5.41, 5.74) is 0.273. The zero-order valence-electron chi connectivity index (χ0n) is 12.2. The topological polar surface area (TPSA) is 95.5 Å². The molecule has 0 spiro atoms. The maximum absolute atomic E-state index is 13.7. The first-order chi connectivity index (χ1) is 11.4. The summed E-state index contributed by atoms with van der Waals surface area (Å²) in [6, 6.07) is 9.57. The van der Waals surface area contributed by atoms with Crippen LogP contribution in [0.2, 0.25) is 5.02 Å². The van der Waals surface area contributed by atoms with Gasteiger partial charge in [-0.15, -0.1) is 0 Å². The SMILES string of the molecule is O=C(O)CNC(=O)c1ccc(NC(=O)c2c(F)cccc2Cl)cc1. The Labute approximate surface area is 141 Å². The Morgan fingerprint density at radius 1 is 1.04 bits per heavy atom. The van der Waals surface area contributed by atoms with Gasteiger partial charge < -0.3 is 15.7 Å². The minimum Gasteiger partial charge on any atom is -0.480 e. The van der Waals surface area contributed by atoms with Gasteiger partial charge in [-0.25, -0.2) is 4.39 Å². The highest BCUT2D eigenvalue weighted by Crippen LogP contribution is 2.20. The average Bonchev–Trinajstić information content (AvgIpc) is 2.53. The summed E-state index contributed by atoms with van der Waals surface area (Å²) in [6.07, 6.45) is 0. The molecule has 0 atom stereocenters. The molecule has 0 aliphatic carbocycles. The van der Waals surface area contributed by atoms with Crippen molar-refractivity contribution in [3.63, 3.8) is 0 Å². The molecule has 124 valence electrons. The number of carbonyl (C=O) groups is 3. The summed E-state index contributed by atoms with van der Waals surface area (Å²) in [4.78, 5) is 34.1. The zero-order valence-corrected chi connectivity index (χ0v) is 12.9. The molecule has 8 heteroatoms. The Bertz CT molecular complexity index is 773. The summed E-state index contributed by atoms with van der Waals surface area (Å²) in [5, 5.41) is 13.2. The van der Waals surface area contributed by atoms with Crippen molar-refractivity contribution in [1.82, 2.24) is 5.32 Å². The molecule has 6 nitrogen and oxygen atoms in total. The molecule has 0 saturated heterocycles. The molecule has 2 aromatic carbocycles. The molecule has 2 rings (SSSR count). The van der Waals surface area contributed by atoms with E-state index >= 15 is 0 Å². The van der Waals surface area contributed by atoms with Gasteiger partial charge in [0.05, 0.1) is 10.6 Å². The Morgan fingerprint density at radius 3 is 2.29 bits per heavy atom. The molecular weight excluding hydrogens is 339 g/mol. The van der Waals surface area contributed by atoms with E-state index in [0.29, 0.717) is 5.69 Å². The molecule has 0 bridgehead atoms. The predicted molar refractivity (Wildman–Crippen MR) is 85.8 cm³/mol. The number of hydrogen-bond acceptors (Lipinski definition) is 3. The van der Waals surface area contributed by atoms with E-state index in [1.807, 2.05) is 0 Å². The highest BCUT2D eigenvalue weighted by atomic mass is 35.5. The van der Waals surface area contributed by atoms with Gasteiger partial charge >= 0.3 is 5.97 Å². The quantitative estimate of drug-likeness (QED) is 0.772. The summed E-state index contributed by atoms with van der Waals surface area (Å²) < 4.78 is 13.7. The van der Waals surface area contributed by atoms with Crippen LogP contribution in [0.15, 0.2) is 42.5 Å². The van der Waals surface area contributed by atoms with Crippen LogP contribution in [0.4, 0.5) is 10.1 Å². The molecule has 0 heterocycles. The van der Waals surface area contributed by atoms with Crippen molar-refractivity contribution in [2.45, 2.75) is 0 Å². The molecule has 0 aromatic heterocycles. The molecule has 0 radical (unpaired) electrons. The van der Waals surface area contributed by atoms with E-state index in [0.717, 1.165) is 6.07 Å². The van der Waals surface area contributed by atoms with Crippen LogP contribution in [0.5, 0.6) is 0 Å². The van der Waals surface area contributed by atoms with E-state index in [9.17, 15) is 18.8 Å². The Morgan fingerprint density at radius 2 is 1.71 bits per heavy atom. The van der Waals surface area contributed by atoms with Gasteiger partial charge in [-0.3, -0.25) is 14.4 Å². The number of carboxylic acids is 1. The predicted octanol–water partition coefficient (Wildman–Crippen LogP) is 2.55. The fraction of sp³-hybridized carbons (Fsp3) is 0.0625. The van der Waals surface area contributed by atoms with Crippen LogP contribution in [0.25, 0.3) is 0 Å². The molecule has 0 unspecified atom stereocenters. The lowest BCUT2D eigenvalue weighted by atomic mass is 10.1. The van der Waals surface area contributed by atoms with Gasteiger partial charge in [-0.2, -0.15) is 0 Å². The third-order valence-electron chi connectivity index (χ3n) is 2.99. The summed E-state index contributed by atoms with van der Waals surface area (Å²) in [5.74, 6) is -3.19. The zero-order chi connectivity index (χ0) is 17.7. The number of nitrogens with one attached hydrogen (secondary N) is 2. The number of rotatable bonds is 5. The largest absolute Gasteiger partial charge is 0.480 e. The molecular formula is C16H12ClFN2O4. The van der Waals surface area contributed by atoms with Crippen molar-refractivity contribution >= 4 is 35.1 Å². The monoisotopic (exact) mass is 350 g/mol. The van der Waals surface area contributed by atoms with E-state index in [1.54, 1.807) is 0 Å². The Kier molecular flexibility index (Phi) is 5.49. The molecule has 2 aromatic rings. The van der Waals surface area contributed by atoms with Crippen LogP contribution in [0.1, 0.15) is 20.7 Å². The Balaban J connectivity index is 2.07. The number of aliphatic carboxylic acids is 1. The lowest BCUT2D eigenvalue weighted by Crippen LogP contribution is -2.29. The van der Waals surface area contributed by atoms with Crippen LogP contribution in [-0.4, -0.2) is 29.4 Å². The van der Waals surface area contributed by atoms with Crippen LogP contribution < -0.4 is 10.6 Å². The van der Waals surface area contributed by atoms with Crippen molar-refractivity contribution in [3.8, 4) is 0 Å². The number of benzene rings is 2. The van der Waals surface area contributed by atoms with Gasteiger partial charge in [0.1, 0.15) is 12.4 Å². The highest BCUT2D eigenvalue weighted by Gasteiger charge is 2.16. The second-order valence-corrected chi connectivity index (χ2v) is 5.11. The van der Waals surface area contributed by atoms with E-state index < -0.39 is 30.1 Å². The minimum absolute atomic E-state index is 0.0165. The van der Waals surface area contributed by atoms with Crippen LogP contribution in [0.3, 0.4) is 0 Å². The lowest BCUT2D eigenvalue weighted by Gasteiger charge is -2.08. The van der Waals surface area contributed by atoms with Crippen molar-refractivity contribution in [2.75, 3.05) is 11.9 Å². The maximum Gasteiger partial charge on any atom is 0.322 e. The van der Waals surface area contributed by atoms with Gasteiger partial charge in [0, 0.05) is 11.3 Å². The number of anilines is 1. The van der Waals surface area contributed by atoms with Gasteiger partial charge in [-0.1, -0.05) is 17.7 Å². The first-order valence-electron chi connectivity index (χ1n) is 6.74. The third-order valence-corrected chi connectivity index (χ3v) is 3.31. The first-order valence-corrected chi connectivity index (χ1v) is 7.11. The second-order valence-electron chi connectivity index (χ2n) is 4.70. The number of hydrogen-bond donors (Lipinski definition) is 3. The normalized spacial score (nSPS) is 10.1. The van der Waals surface area contributed by atoms with Gasteiger partial charge in [0.25, 0.3) is 11.8 Å². The first kappa shape index (κ1) is 17.4. The standard InChI is InChI=1S/C16H12ClFN2O4/c17-11-2-1-3-12(18)14(11)16(24)20-10-6-4-9(5-7-10)15(23)19-8-13(21)22/h1-7H,8H2,(H,19,23)(H,20,24)(H,21,22). The Hall–Kier alpha value is -2.93. The van der Waals surface area contributed by atoms with Crippen LogP contribution in [-0.2, 0) is 4.79 Å². The van der Waals surface area contributed by atoms with Gasteiger partial charge in [-0.05, 0) is 36.4 Å². The highest BCUT2D eigenvalue weighted by molar-refractivity contribution is 6.34. The summed E-state index contributed by atoms with van der Waals surface area (Å²) >= 11 is 5.82. The van der Waals surface area contributed by atoms with E-state index in [2.05, 4.69) is 10.6 Å². The van der Waals surface area contributed by atoms with Crippen molar-refractivity contribution in [2.24, 2.45) is 0 Å². The molecule has 3 N–H and O–H groups in total. The number of halogens is 2. The molecule has 0 aliphatic heterocycles. The summed E-state index contributed by atoms with van der Waals surface area (Å²) in [7, 11) is 0. The van der Waals surface area contributed by atoms with Crippen molar-refractivity contribution in [1.29, 1.82) is 0 Å². The molecule has 0 fully saturated rings. The summed E-state index contributed by atoms with van der Waals surface area (Å²) in [6.45, 7) is -0.497. The lowest BCUT2D eigenvalue weighted by molar-refractivity contribution is -0.135. The minimum atomic E-state index is -1.16. The third kappa shape index (κ3) is 4.30. The fourth-order valence-electron chi connectivity index (χ4n) is 1.87. The molecule has 2 amide bonds. The van der Waals surface area contributed by atoms with Crippen LogP contribution in [0, 0.1) is 5.82 Å². The second kappa shape index (κ2) is 7.56. The molecule has 0 saturated carbocycles. The fourth-order valence-corrected chi connectivity index (χ4v) is 2.12. The van der Waals surface area contributed by atoms with E-state index in [4.69, 9.17) is 16.7 Å². The van der Waals surface area contributed by atoms with E-state index in [1.165, 1.54) is 36.4 Å². The maximum atomic E-state index is 13.7. The number of amides is 2. The van der Waals surface area contributed by atoms with Crippen molar-refractivity contribution in [3.05, 3.63) is 64.4 Å². The van der Waals surface area contributed by atoms with Gasteiger partial charge in [0.15, 0.2) is 0 Å². The molecule has 0 aliphatic rings. The number of carboxylic acid groups (broad SMARTS) is 1. The smallest absolute Gasteiger partial charge is 0.322 e. The number of carbonyl (C=O) groups excluding carboxylic acids is 2. The van der Waals surface area contributed by atoms with Gasteiger partial charge in [0.2, 0.25) is 0 Å². The van der Waals surface area contributed by atoms with Crippen molar-refractivity contribution < 1.29 is 23.9 Å². The van der Waals surface area contributed by atoms with E-state index in [-0.39, 0.29) is 16.1 Å².